The summed E-state index contributed by atoms with van der Waals surface area (Å²) in [5, 5.41) is 14.6. The lowest BCUT2D eigenvalue weighted by Gasteiger charge is -2.10. The first-order valence-corrected chi connectivity index (χ1v) is 9.04. The molecule has 0 saturated carbocycles. The van der Waals surface area contributed by atoms with Gasteiger partial charge in [-0.1, -0.05) is 23.7 Å². The maximum Gasteiger partial charge on any atom is 0.310 e. The Morgan fingerprint density at radius 1 is 1.29 bits per heavy atom. The minimum absolute atomic E-state index is 0.120. The van der Waals surface area contributed by atoms with E-state index in [9.17, 15) is 18.5 Å². The normalized spacial score (nSPS) is 11.1. The molecule has 0 radical (unpaired) electrons. The highest BCUT2D eigenvalue weighted by molar-refractivity contribution is 7.90. The molecule has 0 unspecified atom stereocenters. The van der Waals surface area contributed by atoms with E-state index in [1.165, 1.54) is 25.3 Å². The number of hydrogen-bond donors (Lipinski definition) is 1. The molecule has 0 aliphatic rings. The van der Waals surface area contributed by atoms with Gasteiger partial charge >= 0.3 is 5.69 Å². The van der Waals surface area contributed by atoms with Crippen molar-refractivity contribution >= 4 is 32.8 Å². The molecule has 1 N–H and O–H groups in total. The number of anilines is 1. The molecule has 2 aromatic carbocycles. The quantitative estimate of drug-likeness (QED) is 0.619. The number of nitro groups is 1. The Hall–Kier alpha value is -2.32. The average molecular weight is 371 g/mol. The lowest BCUT2D eigenvalue weighted by atomic mass is 10.2. The first kappa shape index (κ1) is 18.0. The van der Waals surface area contributed by atoms with E-state index in [4.69, 9.17) is 16.3 Å². The van der Waals surface area contributed by atoms with E-state index in [1.54, 1.807) is 18.2 Å². The van der Waals surface area contributed by atoms with Gasteiger partial charge in [0.1, 0.15) is 16.3 Å². The number of para-hydroxylation sites is 1. The largest absolute Gasteiger partial charge is 0.495 e. The molecule has 24 heavy (non-hydrogen) atoms. The summed E-state index contributed by atoms with van der Waals surface area (Å²) >= 11 is 6.04. The molecule has 0 aromatic heterocycles. The highest BCUT2D eigenvalue weighted by Crippen LogP contribution is 2.32. The first-order chi connectivity index (χ1) is 11.2. The van der Waals surface area contributed by atoms with E-state index in [0.29, 0.717) is 10.8 Å². The fourth-order valence-electron chi connectivity index (χ4n) is 2.17. The Morgan fingerprint density at radius 2 is 2.00 bits per heavy atom. The van der Waals surface area contributed by atoms with Crippen LogP contribution in [-0.2, 0) is 16.4 Å². The SMILES string of the molecule is COc1ccc(CNc2cccc(S(C)(=O)=O)c2[N+](=O)[O-])cc1Cl. The third-order valence-electron chi connectivity index (χ3n) is 3.28. The van der Waals surface area contributed by atoms with Crippen molar-refractivity contribution in [1.29, 1.82) is 0 Å². The zero-order valence-corrected chi connectivity index (χ0v) is 14.5. The molecule has 2 aromatic rings. The molecule has 128 valence electrons. The van der Waals surface area contributed by atoms with Gasteiger partial charge in [0.05, 0.1) is 17.1 Å². The fourth-order valence-corrected chi connectivity index (χ4v) is 3.31. The number of nitrogens with one attached hydrogen (secondary N) is 1. The van der Waals surface area contributed by atoms with Gasteiger partial charge in [0, 0.05) is 12.8 Å². The predicted molar refractivity (Wildman–Crippen MR) is 91.5 cm³/mol. The van der Waals surface area contributed by atoms with Crippen molar-refractivity contribution in [2.45, 2.75) is 11.4 Å². The van der Waals surface area contributed by atoms with Crippen LogP contribution in [0.2, 0.25) is 5.02 Å². The van der Waals surface area contributed by atoms with Crippen LogP contribution in [-0.4, -0.2) is 26.7 Å². The summed E-state index contributed by atoms with van der Waals surface area (Å²) < 4.78 is 28.5. The van der Waals surface area contributed by atoms with Crippen LogP contribution in [0.5, 0.6) is 5.75 Å². The maximum absolute atomic E-state index is 11.7. The zero-order chi connectivity index (χ0) is 17.9. The molecule has 9 heteroatoms. The molecule has 0 spiro atoms. The van der Waals surface area contributed by atoms with Gasteiger partial charge in [0.15, 0.2) is 9.84 Å². The van der Waals surface area contributed by atoms with Crippen molar-refractivity contribution < 1.29 is 18.1 Å². The second kappa shape index (κ2) is 7.06. The molecule has 0 saturated heterocycles. The second-order valence-electron chi connectivity index (χ2n) is 5.00. The smallest absolute Gasteiger partial charge is 0.310 e. The molecule has 0 bridgehead atoms. The van der Waals surface area contributed by atoms with E-state index in [2.05, 4.69) is 5.32 Å². The van der Waals surface area contributed by atoms with E-state index < -0.39 is 20.4 Å². The number of hydrogen-bond acceptors (Lipinski definition) is 6. The number of halogens is 1. The molecule has 0 amide bonds. The molecule has 2 rings (SSSR count). The summed E-state index contributed by atoms with van der Waals surface area (Å²) in [6, 6.07) is 9.22. The number of nitro benzene ring substituents is 1. The Bertz CT molecular complexity index is 883. The van der Waals surface area contributed by atoms with Crippen LogP contribution in [0.15, 0.2) is 41.3 Å². The van der Waals surface area contributed by atoms with Crippen LogP contribution in [0.4, 0.5) is 11.4 Å². The van der Waals surface area contributed by atoms with Gasteiger partial charge < -0.3 is 10.1 Å². The van der Waals surface area contributed by atoms with Gasteiger partial charge in [0.2, 0.25) is 0 Å². The minimum atomic E-state index is -3.72. The van der Waals surface area contributed by atoms with Crippen LogP contribution < -0.4 is 10.1 Å². The maximum atomic E-state index is 11.7. The van der Waals surface area contributed by atoms with Crippen LogP contribution in [0, 0.1) is 10.1 Å². The molecule has 0 atom stereocenters. The Labute approximate surface area is 144 Å². The zero-order valence-electron chi connectivity index (χ0n) is 12.9. The highest BCUT2D eigenvalue weighted by atomic mass is 35.5. The predicted octanol–water partition coefficient (Wildman–Crippen LogP) is 3.27. The van der Waals surface area contributed by atoms with Gasteiger partial charge in [-0.05, 0) is 29.8 Å². The topological polar surface area (TPSA) is 98.5 Å². The van der Waals surface area contributed by atoms with Crippen molar-refractivity contribution in [2.24, 2.45) is 0 Å². The number of sulfone groups is 1. The van der Waals surface area contributed by atoms with Gasteiger partial charge in [-0.15, -0.1) is 0 Å². The highest BCUT2D eigenvalue weighted by Gasteiger charge is 2.25. The summed E-state index contributed by atoms with van der Waals surface area (Å²) in [5.41, 5.74) is 0.411. The molecule has 0 fully saturated rings. The van der Waals surface area contributed by atoms with Crippen molar-refractivity contribution in [2.75, 3.05) is 18.7 Å². The van der Waals surface area contributed by atoms with E-state index in [0.717, 1.165) is 11.8 Å². The van der Waals surface area contributed by atoms with Crippen LogP contribution >= 0.6 is 11.6 Å². The number of methoxy groups -OCH3 is 1. The minimum Gasteiger partial charge on any atom is -0.495 e. The summed E-state index contributed by atoms with van der Waals surface area (Å²) in [4.78, 5) is 10.3. The lowest BCUT2D eigenvalue weighted by molar-refractivity contribution is -0.386. The summed E-state index contributed by atoms with van der Waals surface area (Å²) in [6.07, 6.45) is 0.933. The second-order valence-corrected chi connectivity index (χ2v) is 7.40. The molecular formula is C15H15ClN2O5S. The van der Waals surface area contributed by atoms with E-state index >= 15 is 0 Å². The van der Waals surface area contributed by atoms with Gasteiger partial charge in [-0.2, -0.15) is 0 Å². The van der Waals surface area contributed by atoms with Crippen molar-refractivity contribution in [3.05, 3.63) is 57.1 Å². The van der Waals surface area contributed by atoms with Gasteiger partial charge in [-0.25, -0.2) is 8.42 Å². The average Bonchev–Trinajstić information content (AvgIpc) is 2.51. The summed E-state index contributed by atoms with van der Waals surface area (Å²) in [5.74, 6) is 0.519. The number of ether oxygens (including phenoxy) is 1. The Balaban J connectivity index is 2.33. The Kier molecular flexibility index (Phi) is 5.30. The summed E-state index contributed by atoms with van der Waals surface area (Å²) in [7, 11) is -2.22. The number of benzene rings is 2. The lowest BCUT2D eigenvalue weighted by Crippen LogP contribution is -2.07. The van der Waals surface area contributed by atoms with E-state index in [1.807, 2.05) is 0 Å². The Morgan fingerprint density at radius 3 is 2.54 bits per heavy atom. The van der Waals surface area contributed by atoms with Crippen molar-refractivity contribution in [1.82, 2.24) is 0 Å². The number of nitrogens with zero attached hydrogens (tertiary/aromatic N) is 1. The van der Waals surface area contributed by atoms with Crippen LogP contribution in [0.1, 0.15) is 5.56 Å². The molecule has 0 aliphatic heterocycles. The van der Waals surface area contributed by atoms with Gasteiger partial charge in [-0.3, -0.25) is 10.1 Å². The monoisotopic (exact) mass is 370 g/mol. The number of rotatable bonds is 6. The summed E-state index contributed by atoms with van der Waals surface area (Å²) in [6.45, 7) is 0.234. The van der Waals surface area contributed by atoms with Gasteiger partial charge in [0.25, 0.3) is 0 Å². The molecular weight excluding hydrogens is 356 g/mol. The standard InChI is InChI=1S/C15H15ClN2O5S/c1-23-13-7-6-10(8-11(13)16)9-17-12-4-3-5-14(24(2,21)22)15(12)18(19)20/h3-8,17H,9H2,1-2H3. The molecule has 0 heterocycles. The van der Waals surface area contributed by atoms with Crippen LogP contribution in [0.25, 0.3) is 0 Å². The molecule has 7 nitrogen and oxygen atoms in total. The first-order valence-electron chi connectivity index (χ1n) is 6.77. The fraction of sp³-hybridized carbons (Fsp3) is 0.200. The molecule has 0 aliphatic carbocycles. The van der Waals surface area contributed by atoms with Crippen molar-refractivity contribution in [3.8, 4) is 5.75 Å². The van der Waals surface area contributed by atoms with Crippen LogP contribution in [0.3, 0.4) is 0 Å². The van der Waals surface area contributed by atoms with Crippen molar-refractivity contribution in [3.63, 3.8) is 0 Å². The third kappa shape index (κ3) is 3.95. The van der Waals surface area contributed by atoms with E-state index in [-0.39, 0.29) is 17.1 Å². The third-order valence-corrected chi connectivity index (χ3v) is 4.70.